The third-order valence-corrected chi connectivity index (χ3v) is 4.03. The van der Waals surface area contributed by atoms with Gasteiger partial charge in [-0.25, -0.2) is 4.39 Å². The molecule has 1 unspecified atom stereocenters. The molecule has 2 nitrogen and oxygen atoms in total. The van der Waals surface area contributed by atoms with Crippen molar-refractivity contribution < 1.29 is 8.81 Å². The van der Waals surface area contributed by atoms with Crippen LogP contribution in [-0.2, 0) is 0 Å². The number of furan rings is 1. The molecule has 0 bridgehead atoms. The van der Waals surface area contributed by atoms with Crippen molar-refractivity contribution in [2.24, 2.45) is 0 Å². The molecule has 2 rings (SSSR count). The first-order chi connectivity index (χ1) is 9.95. The maximum absolute atomic E-state index is 13.9. The number of benzene rings is 1. The van der Waals surface area contributed by atoms with Crippen molar-refractivity contribution >= 4 is 0 Å². The van der Waals surface area contributed by atoms with Crippen LogP contribution in [0.5, 0.6) is 0 Å². The van der Waals surface area contributed by atoms with Crippen LogP contribution in [0.1, 0.15) is 53.2 Å². The molecule has 0 aliphatic heterocycles. The van der Waals surface area contributed by atoms with E-state index >= 15 is 0 Å². The van der Waals surface area contributed by atoms with E-state index in [1.807, 2.05) is 26.0 Å². The minimum atomic E-state index is -0.161. The van der Waals surface area contributed by atoms with Crippen molar-refractivity contribution in [1.82, 2.24) is 5.32 Å². The fraction of sp³-hybridized carbons (Fsp3) is 0.444. The summed E-state index contributed by atoms with van der Waals surface area (Å²) in [6.45, 7) is 10.8. The van der Waals surface area contributed by atoms with E-state index in [0.29, 0.717) is 5.56 Å². The Kier molecular flexibility index (Phi) is 4.84. The van der Waals surface area contributed by atoms with Gasteiger partial charge in [0, 0.05) is 5.56 Å². The molecular formula is C18H24FNO. The Morgan fingerprint density at radius 1 is 1.14 bits per heavy atom. The molecule has 0 aliphatic rings. The lowest BCUT2D eigenvalue weighted by Gasteiger charge is -2.20. The minimum absolute atomic E-state index is 0.0301. The molecule has 1 N–H and O–H groups in total. The van der Waals surface area contributed by atoms with Crippen molar-refractivity contribution in [2.75, 3.05) is 6.54 Å². The van der Waals surface area contributed by atoms with Crippen LogP contribution >= 0.6 is 0 Å². The molecule has 3 heteroatoms. The highest BCUT2D eigenvalue weighted by Crippen LogP contribution is 2.32. The average Bonchev–Trinajstić information content (AvgIpc) is 2.69. The van der Waals surface area contributed by atoms with Crippen LogP contribution in [0.4, 0.5) is 4.39 Å². The number of hydrogen-bond donors (Lipinski definition) is 1. The first-order valence-corrected chi connectivity index (χ1v) is 7.51. The molecule has 0 amide bonds. The smallest absolute Gasteiger partial charge is 0.126 e. The average molecular weight is 289 g/mol. The van der Waals surface area contributed by atoms with E-state index in [-0.39, 0.29) is 11.9 Å². The van der Waals surface area contributed by atoms with Gasteiger partial charge in [-0.2, -0.15) is 0 Å². The fourth-order valence-corrected chi connectivity index (χ4v) is 2.70. The van der Waals surface area contributed by atoms with Crippen LogP contribution in [-0.4, -0.2) is 6.54 Å². The van der Waals surface area contributed by atoms with Crippen molar-refractivity contribution in [1.29, 1.82) is 0 Å². The summed E-state index contributed by atoms with van der Waals surface area (Å²) in [4.78, 5) is 0. The predicted molar refractivity (Wildman–Crippen MR) is 84.2 cm³/mol. The summed E-state index contributed by atoms with van der Waals surface area (Å²) < 4.78 is 19.7. The highest BCUT2D eigenvalue weighted by Gasteiger charge is 2.22. The summed E-state index contributed by atoms with van der Waals surface area (Å²) in [6, 6.07) is 5.43. The van der Waals surface area contributed by atoms with Crippen LogP contribution in [0, 0.1) is 33.5 Å². The van der Waals surface area contributed by atoms with Gasteiger partial charge in [0.1, 0.15) is 17.3 Å². The fourth-order valence-electron chi connectivity index (χ4n) is 2.70. The van der Waals surface area contributed by atoms with Gasteiger partial charge in [0.05, 0.1) is 6.04 Å². The normalized spacial score (nSPS) is 12.7. The van der Waals surface area contributed by atoms with E-state index in [9.17, 15) is 4.39 Å². The summed E-state index contributed by atoms with van der Waals surface area (Å²) in [6.07, 6.45) is 1.03. The quantitative estimate of drug-likeness (QED) is 0.860. The summed E-state index contributed by atoms with van der Waals surface area (Å²) in [7, 11) is 0. The zero-order valence-corrected chi connectivity index (χ0v) is 13.5. The number of halogens is 1. The van der Waals surface area contributed by atoms with Crippen LogP contribution in [0.15, 0.2) is 22.6 Å². The van der Waals surface area contributed by atoms with E-state index in [4.69, 9.17) is 4.42 Å². The molecular weight excluding hydrogens is 265 g/mol. The largest absolute Gasteiger partial charge is 0.466 e. The summed E-state index contributed by atoms with van der Waals surface area (Å²) in [5.74, 6) is 1.67. The van der Waals surface area contributed by atoms with Gasteiger partial charge in [-0.1, -0.05) is 19.1 Å². The van der Waals surface area contributed by atoms with Gasteiger partial charge in [-0.15, -0.1) is 0 Å². The minimum Gasteiger partial charge on any atom is -0.466 e. The van der Waals surface area contributed by atoms with E-state index < -0.39 is 0 Å². The first kappa shape index (κ1) is 15.8. The molecule has 0 radical (unpaired) electrons. The van der Waals surface area contributed by atoms with E-state index in [1.54, 1.807) is 13.0 Å². The molecule has 0 saturated carbocycles. The highest BCUT2D eigenvalue weighted by molar-refractivity contribution is 5.41. The Labute approximate surface area is 126 Å². The van der Waals surface area contributed by atoms with E-state index in [1.165, 1.54) is 0 Å². The molecule has 114 valence electrons. The van der Waals surface area contributed by atoms with Crippen molar-refractivity contribution in [3.8, 4) is 0 Å². The number of rotatable bonds is 5. The van der Waals surface area contributed by atoms with Gasteiger partial charge < -0.3 is 9.73 Å². The SMILES string of the molecule is CCCNC(c1ccc(C)c(F)c1)c1c(C)oc(C)c1C. The van der Waals surface area contributed by atoms with Crippen molar-refractivity contribution in [3.05, 3.63) is 57.8 Å². The predicted octanol–water partition coefficient (Wildman–Crippen LogP) is 4.74. The Morgan fingerprint density at radius 3 is 2.38 bits per heavy atom. The Balaban J connectivity index is 2.49. The molecule has 1 atom stereocenters. The van der Waals surface area contributed by atoms with Gasteiger partial charge in [0.2, 0.25) is 0 Å². The van der Waals surface area contributed by atoms with Crippen molar-refractivity contribution in [3.63, 3.8) is 0 Å². The van der Waals surface area contributed by atoms with Gasteiger partial charge in [0.15, 0.2) is 0 Å². The molecule has 0 aliphatic carbocycles. The zero-order chi connectivity index (χ0) is 15.6. The summed E-state index contributed by atoms with van der Waals surface area (Å²) >= 11 is 0. The molecule has 0 fully saturated rings. The Morgan fingerprint density at radius 2 is 1.86 bits per heavy atom. The van der Waals surface area contributed by atoms with Gasteiger partial charge >= 0.3 is 0 Å². The van der Waals surface area contributed by atoms with Gasteiger partial charge in [-0.05, 0) is 63.4 Å². The molecule has 1 heterocycles. The second-order valence-electron chi connectivity index (χ2n) is 5.65. The van der Waals surface area contributed by atoms with Crippen LogP contribution < -0.4 is 5.32 Å². The summed E-state index contributed by atoms with van der Waals surface area (Å²) in [5.41, 5.74) is 3.88. The lowest BCUT2D eigenvalue weighted by Crippen LogP contribution is -2.24. The summed E-state index contributed by atoms with van der Waals surface area (Å²) in [5, 5.41) is 3.52. The van der Waals surface area contributed by atoms with Crippen LogP contribution in [0.25, 0.3) is 0 Å². The zero-order valence-electron chi connectivity index (χ0n) is 13.5. The molecule has 21 heavy (non-hydrogen) atoms. The lowest BCUT2D eigenvalue weighted by atomic mass is 9.94. The molecule has 2 aromatic rings. The topological polar surface area (TPSA) is 25.2 Å². The third-order valence-electron chi connectivity index (χ3n) is 4.03. The molecule has 1 aromatic heterocycles. The second-order valence-corrected chi connectivity index (χ2v) is 5.65. The van der Waals surface area contributed by atoms with Crippen LogP contribution in [0.2, 0.25) is 0 Å². The molecule has 0 spiro atoms. The van der Waals surface area contributed by atoms with Crippen molar-refractivity contribution in [2.45, 2.75) is 47.1 Å². The van der Waals surface area contributed by atoms with Gasteiger partial charge in [-0.3, -0.25) is 0 Å². The maximum atomic E-state index is 13.9. The van der Waals surface area contributed by atoms with E-state index in [2.05, 4.69) is 19.2 Å². The third kappa shape index (κ3) is 3.18. The second kappa shape index (κ2) is 6.44. The maximum Gasteiger partial charge on any atom is 0.126 e. The van der Waals surface area contributed by atoms with Crippen LogP contribution in [0.3, 0.4) is 0 Å². The number of nitrogens with one attached hydrogen (secondary N) is 1. The first-order valence-electron chi connectivity index (χ1n) is 7.51. The highest BCUT2D eigenvalue weighted by atomic mass is 19.1. The Bertz CT molecular complexity index is 630. The Hall–Kier alpha value is -1.61. The molecule has 1 aromatic carbocycles. The van der Waals surface area contributed by atoms with E-state index in [0.717, 1.165) is 41.2 Å². The van der Waals surface area contributed by atoms with Gasteiger partial charge in [0.25, 0.3) is 0 Å². The monoisotopic (exact) mass is 289 g/mol. The number of aryl methyl sites for hydroxylation is 3. The number of hydrogen-bond acceptors (Lipinski definition) is 2. The standard InChI is InChI=1S/C18H24FNO/c1-6-9-20-18(15-8-7-11(2)16(19)10-15)17-12(3)13(4)21-14(17)5/h7-8,10,18,20H,6,9H2,1-5H3. The lowest BCUT2D eigenvalue weighted by molar-refractivity contribution is 0.492. The molecule has 0 saturated heterocycles.